The van der Waals surface area contributed by atoms with E-state index in [4.69, 9.17) is 11.6 Å². The van der Waals surface area contributed by atoms with Gasteiger partial charge in [0.2, 0.25) is 0 Å². The maximum Gasteiger partial charge on any atom is 0.418 e. The molecule has 0 saturated heterocycles. The molecular weight excluding hydrogens is 460 g/mol. The molecule has 12 heteroatoms. The third kappa shape index (κ3) is 4.99. The quantitative estimate of drug-likeness (QED) is 0.515. The minimum Gasteiger partial charge on any atom is -0.370 e. The lowest BCUT2D eigenvalue weighted by atomic mass is 10.1. The average Bonchev–Trinajstić information content (AvgIpc) is 3.04. The normalized spacial score (nSPS) is 13.3. The van der Waals surface area contributed by atoms with Crippen molar-refractivity contribution in [3.63, 3.8) is 0 Å². The van der Waals surface area contributed by atoms with Crippen LogP contribution in [0.5, 0.6) is 0 Å². The molecule has 0 aliphatic rings. The SMILES string of the molecule is Cc1ncc(NC(c2ccc(F)c(Cl)c2)c2nc(C)c(S(C)(=O)=O)[nH]2)cc1C(F)(F)F. The lowest BCUT2D eigenvalue weighted by Gasteiger charge is -2.20. The number of pyridine rings is 1. The molecule has 2 heterocycles. The molecule has 6 nitrogen and oxygen atoms in total. The highest BCUT2D eigenvalue weighted by Crippen LogP contribution is 2.34. The molecule has 1 atom stereocenters. The lowest BCUT2D eigenvalue weighted by Crippen LogP contribution is -2.16. The summed E-state index contributed by atoms with van der Waals surface area (Å²) in [4.78, 5) is 10.7. The van der Waals surface area contributed by atoms with Crippen molar-refractivity contribution in [3.8, 4) is 0 Å². The fourth-order valence-electron chi connectivity index (χ4n) is 3.03. The molecule has 3 rings (SSSR count). The van der Waals surface area contributed by atoms with Crippen molar-refractivity contribution in [1.82, 2.24) is 15.0 Å². The molecule has 166 valence electrons. The predicted molar refractivity (Wildman–Crippen MR) is 107 cm³/mol. The molecule has 0 spiro atoms. The van der Waals surface area contributed by atoms with Crippen LogP contribution in [0.25, 0.3) is 0 Å². The van der Waals surface area contributed by atoms with Gasteiger partial charge >= 0.3 is 6.18 Å². The first kappa shape index (κ1) is 23.0. The van der Waals surface area contributed by atoms with E-state index in [0.29, 0.717) is 5.56 Å². The standard InChI is InChI=1S/C19H17ClF4N4O2S/c1-9-13(19(22,23)24)7-12(8-25-9)27-16(11-4-5-15(21)14(20)6-11)17-26-10(2)18(28-17)31(3,29)30/h4-8,16,27H,1-3H3,(H,26,28). The van der Waals surface area contributed by atoms with Gasteiger partial charge in [0.15, 0.2) is 14.9 Å². The lowest BCUT2D eigenvalue weighted by molar-refractivity contribution is -0.138. The Bertz CT molecular complexity index is 1240. The minimum atomic E-state index is -4.62. The largest absolute Gasteiger partial charge is 0.418 e. The Morgan fingerprint density at radius 2 is 1.84 bits per heavy atom. The molecule has 3 aromatic rings. The zero-order chi connectivity index (χ0) is 23.1. The second-order valence-corrected chi connectivity index (χ2v) is 9.27. The summed E-state index contributed by atoms with van der Waals surface area (Å²) in [6.07, 6.45) is -2.42. The van der Waals surface area contributed by atoms with Crippen molar-refractivity contribution in [2.45, 2.75) is 31.1 Å². The van der Waals surface area contributed by atoms with Gasteiger partial charge in [-0.05, 0) is 37.6 Å². The summed E-state index contributed by atoms with van der Waals surface area (Å²) in [6, 6.07) is 3.64. The van der Waals surface area contributed by atoms with Crippen molar-refractivity contribution in [1.29, 1.82) is 0 Å². The number of imidazole rings is 1. The number of benzene rings is 1. The van der Waals surface area contributed by atoms with Gasteiger partial charge in [-0.2, -0.15) is 13.2 Å². The zero-order valence-corrected chi connectivity index (χ0v) is 18.0. The molecule has 0 fully saturated rings. The smallest absolute Gasteiger partial charge is 0.370 e. The molecule has 31 heavy (non-hydrogen) atoms. The topological polar surface area (TPSA) is 87.7 Å². The van der Waals surface area contributed by atoms with Gasteiger partial charge in [0.25, 0.3) is 0 Å². The summed E-state index contributed by atoms with van der Waals surface area (Å²) in [5, 5.41) is 2.51. The molecule has 0 aliphatic carbocycles. The highest BCUT2D eigenvalue weighted by atomic mass is 35.5. The van der Waals surface area contributed by atoms with E-state index in [1.54, 1.807) is 0 Å². The number of anilines is 1. The van der Waals surface area contributed by atoms with Gasteiger partial charge in [0.1, 0.15) is 17.7 Å². The van der Waals surface area contributed by atoms with Gasteiger partial charge in [-0.15, -0.1) is 0 Å². The van der Waals surface area contributed by atoms with Crippen LogP contribution in [-0.2, 0) is 16.0 Å². The summed E-state index contributed by atoms with van der Waals surface area (Å²) in [7, 11) is -3.64. The summed E-state index contributed by atoms with van der Waals surface area (Å²) in [5.74, 6) is -0.595. The van der Waals surface area contributed by atoms with Gasteiger partial charge in [-0.1, -0.05) is 17.7 Å². The number of nitrogens with zero attached hydrogens (tertiary/aromatic N) is 2. The Kier molecular flexibility index (Phi) is 6.03. The first-order valence-corrected chi connectivity index (χ1v) is 11.1. The number of sulfone groups is 1. The van der Waals surface area contributed by atoms with Crippen LogP contribution in [0.1, 0.15) is 34.4 Å². The fraction of sp³-hybridized carbons (Fsp3) is 0.263. The zero-order valence-electron chi connectivity index (χ0n) is 16.5. The van der Waals surface area contributed by atoms with Crippen LogP contribution < -0.4 is 5.32 Å². The van der Waals surface area contributed by atoms with Gasteiger partial charge in [-0.25, -0.2) is 17.8 Å². The van der Waals surface area contributed by atoms with Gasteiger partial charge in [-0.3, -0.25) is 4.98 Å². The molecule has 0 amide bonds. The molecule has 1 aromatic carbocycles. The van der Waals surface area contributed by atoms with E-state index in [1.165, 1.54) is 32.2 Å². The van der Waals surface area contributed by atoms with E-state index in [1.807, 2.05) is 0 Å². The Hall–Kier alpha value is -2.66. The Labute approximate surface area is 180 Å². The molecule has 0 bridgehead atoms. The number of hydrogen-bond acceptors (Lipinski definition) is 5. The van der Waals surface area contributed by atoms with Crippen LogP contribution in [0.4, 0.5) is 23.2 Å². The summed E-state index contributed by atoms with van der Waals surface area (Å²) < 4.78 is 77.5. The van der Waals surface area contributed by atoms with Crippen LogP contribution in [0, 0.1) is 19.7 Å². The number of nitrogens with one attached hydrogen (secondary N) is 2. The van der Waals surface area contributed by atoms with Crippen LogP contribution >= 0.6 is 11.6 Å². The Balaban J connectivity index is 2.13. The van der Waals surface area contributed by atoms with Crippen molar-refractivity contribution < 1.29 is 26.0 Å². The molecule has 0 radical (unpaired) electrons. The Morgan fingerprint density at radius 3 is 2.39 bits per heavy atom. The van der Waals surface area contributed by atoms with Crippen LogP contribution in [-0.4, -0.2) is 29.6 Å². The van der Waals surface area contributed by atoms with Crippen molar-refractivity contribution in [2.75, 3.05) is 11.6 Å². The van der Waals surface area contributed by atoms with Crippen molar-refractivity contribution in [2.24, 2.45) is 0 Å². The van der Waals surface area contributed by atoms with E-state index in [0.717, 1.165) is 18.4 Å². The molecule has 2 N–H and O–H groups in total. The number of halogens is 5. The Morgan fingerprint density at radius 1 is 1.16 bits per heavy atom. The molecule has 1 unspecified atom stereocenters. The van der Waals surface area contributed by atoms with E-state index >= 15 is 0 Å². The van der Waals surface area contributed by atoms with Crippen molar-refractivity contribution in [3.05, 3.63) is 69.6 Å². The van der Waals surface area contributed by atoms with Crippen LogP contribution in [0.15, 0.2) is 35.5 Å². The summed E-state index contributed by atoms with van der Waals surface area (Å²) in [6.45, 7) is 2.71. The second kappa shape index (κ2) is 8.12. The van der Waals surface area contributed by atoms with Gasteiger partial charge in [0.05, 0.1) is 28.2 Å². The van der Waals surface area contributed by atoms with Crippen LogP contribution in [0.3, 0.4) is 0 Å². The number of H-pyrrole nitrogens is 1. The number of rotatable bonds is 5. The first-order chi connectivity index (χ1) is 14.3. The molecule has 0 aliphatic heterocycles. The van der Waals surface area contributed by atoms with Gasteiger partial charge in [0, 0.05) is 11.9 Å². The predicted octanol–water partition coefficient (Wildman–Crippen LogP) is 4.84. The minimum absolute atomic E-state index is 0.00155. The number of aromatic amines is 1. The summed E-state index contributed by atoms with van der Waals surface area (Å²) in [5.41, 5.74) is -0.614. The first-order valence-electron chi connectivity index (χ1n) is 8.79. The average molecular weight is 477 g/mol. The molecule has 0 saturated carbocycles. The highest BCUT2D eigenvalue weighted by Gasteiger charge is 2.33. The second-order valence-electron chi connectivity index (χ2n) is 6.91. The van der Waals surface area contributed by atoms with Crippen molar-refractivity contribution >= 4 is 27.1 Å². The monoisotopic (exact) mass is 476 g/mol. The van der Waals surface area contributed by atoms with E-state index in [-0.39, 0.29) is 32.9 Å². The number of alkyl halides is 3. The highest BCUT2D eigenvalue weighted by molar-refractivity contribution is 7.90. The third-order valence-corrected chi connectivity index (χ3v) is 5.91. The number of hydrogen-bond donors (Lipinski definition) is 2. The number of aryl methyl sites for hydroxylation is 2. The molecular formula is C19H17ClF4N4O2S. The van der Waals surface area contributed by atoms with Crippen LogP contribution in [0.2, 0.25) is 5.02 Å². The fourth-order valence-corrected chi connectivity index (χ4v) is 4.09. The van der Waals surface area contributed by atoms with Gasteiger partial charge < -0.3 is 10.3 Å². The summed E-state index contributed by atoms with van der Waals surface area (Å²) >= 11 is 5.87. The maximum absolute atomic E-state index is 13.7. The third-order valence-electron chi connectivity index (χ3n) is 4.48. The van der Waals surface area contributed by atoms with E-state index < -0.39 is 33.4 Å². The van der Waals surface area contributed by atoms with E-state index in [9.17, 15) is 26.0 Å². The molecule has 2 aromatic heterocycles. The van der Waals surface area contributed by atoms with E-state index in [2.05, 4.69) is 20.3 Å². The maximum atomic E-state index is 13.7. The number of aromatic nitrogens is 3.